The first-order chi connectivity index (χ1) is 3.13. The molecule has 0 aliphatic carbocycles. The van der Waals surface area contributed by atoms with Gasteiger partial charge < -0.3 is 13.1 Å². The van der Waals surface area contributed by atoms with Gasteiger partial charge in [-0.1, -0.05) is 0 Å². The largest absolute Gasteiger partial charge is 1.00 e. The summed E-state index contributed by atoms with van der Waals surface area (Å²) in [6, 6.07) is 0. The Bertz CT molecular complexity index is 83.7. The number of aliphatic hydroxyl groups is 1. The van der Waals surface area contributed by atoms with E-state index in [2.05, 4.69) is 0 Å². The van der Waals surface area contributed by atoms with Gasteiger partial charge >= 0.3 is 86.9 Å². The van der Waals surface area contributed by atoms with E-state index in [0.717, 1.165) is 0 Å². The van der Waals surface area contributed by atoms with Gasteiger partial charge in [-0.05, 0) is 6.92 Å². The van der Waals surface area contributed by atoms with Crippen molar-refractivity contribution in [2.24, 2.45) is 0 Å². The molecular weight excluding hydrogens is 158 g/mol. The Hall–Kier alpha value is 2.07. The molecule has 0 radical (unpaired) electrons. The maximum atomic E-state index is 9.65. The summed E-state index contributed by atoms with van der Waals surface area (Å²) in [4.78, 5) is 9.65. The van der Waals surface area contributed by atoms with E-state index in [1.54, 1.807) is 0 Å². The quantitative estimate of drug-likeness (QED) is 0.404. The Morgan fingerprint density at radius 2 is 2.11 bits per heavy atom. The molecule has 5 heteroatoms. The molecule has 0 spiro atoms. The van der Waals surface area contributed by atoms with Crippen LogP contribution in [0.5, 0.6) is 0 Å². The van der Waals surface area contributed by atoms with Crippen LogP contribution in [-0.4, -0.2) is 22.3 Å². The van der Waals surface area contributed by atoms with E-state index in [1.165, 1.54) is 6.92 Å². The Morgan fingerprint density at radius 1 is 1.78 bits per heavy atom. The zero-order valence-electron chi connectivity index (χ0n) is 8.09. The van der Waals surface area contributed by atoms with Crippen molar-refractivity contribution in [2.75, 3.05) is 0 Å². The van der Waals surface area contributed by atoms with Gasteiger partial charge in [0.15, 0.2) is 0 Å². The summed E-state index contributed by atoms with van der Waals surface area (Å²) in [5.74, 6) is -0.963. The van der Waals surface area contributed by atoms with Crippen LogP contribution in [-0.2, 0) is 4.79 Å². The van der Waals surface area contributed by atoms with Crippen LogP contribution >= 0.6 is 0 Å². The summed E-state index contributed by atoms with van der Waals surface area (Å²) in [5.41, 5.74) is 0. The predicted molar refractivity (Wildman–Crippen MR) is 26.2 cm³/mol. The first-order valence-electron chi connectivity index (χ1n) is 2.03. The van der Waals surface area contributed by atoms with Crippen molar-refractivity contribution in [2.45, 2.75) is 19.4 Å². The van der Waals surface area contributed by atoms with Crippen molar-refractivity contribution in [3.8, 4) is 0 Å². The molecule has 0 aromatic rings. The topological polar surface area (TPSA) is 57.5 Å². The SMILES string of the molecule is CC(O)CC(=O)O.[H-].[H-].[K+].[Na+]. The number of hydrogen-bond donors (Lipinski definition) is 2. The van der Waals surface area contributed by atoms with E-state index in [-0.39, 0.29) is 90.2 Å². The maximum Gasteiger partial charge on any atom is 1.00 e. The van der Waals surface area contributed by atoms with Gasteiger partial charge in [0.05, 0.1) is 12.5 Å². The average molecular weight is 168 g/mol. The smallest absolute Gasteiger partial charge is 1.00 e. The number of rotatable bonds is 2. The normalized spacial score (nSPS) is 10.4. The number of carboxylic acid groups (broad SMARTS) is 1. The summed E-state index contributed by atoms with van der Waals surface area (Å²) >= 11 is 0. The van der Waals surface area contributed by atoms with Crippen molar-refractivity contribution in [3.63, 3.8) is 0 Å². The van der Waals surface area contributed by atoms with Crippen LogP contribution in [0, 0.1) is 0 Å². The molecule has 2 N–H and O–H groups in total. The van der Waals surface area contributed by atoms with E-state index >= 15 is 0 Å². The second-order valence-corrected chi connectivity index (χ2v) is 1.45. The molecule has 1 atom stereocenters. The first kappa shape index (κ1) is 17.2. The van der Waals surface area contributed by atoms with Crippen molar-refractivity contribution < 1.29 is 98.8 Å². The Labute approximate surface area is 122 Å². The Kier molecular flexibility index (Phi) is 19.3. The van der Waals surface area contributed by atoms with E-state index in [4.69, 9.17) is 10.2 Å². The molecule has 0 saturated heterocycles. The fourth-order valence-electron chi connectivity index (χ4n) is 0.253. The molecule has 0 bridgehead atoms. The van der Waals surface area contributed by atoms with Crippen LogP contribution < -0.4 is 80.9 Å². The van der Waals surface area contributed by atoms with Crippen LogP contribution in [0.15, 0.2) is 0 Å². The van der Waals surface area contributed by atoms with Gasteiger partial charge in [0, 0.05) is 0 Å². The van der Waals surface area contributed by atoms with E-state index in [0.29, 0.717) is 0 Å². The van der Waals surface area contributed by atoms with Gasteiger partial charge in [-0.3, -0.25) is 4.79 Å². The van der Waals surface area contributed by atoms with Crippen molar-refractivity contribution >= 4 is 5.97 Å². The predicted octanol–water partition coefficient (Wildman–Crippen LogP) is -5.93. The van der Waals surface area contributed by atoms with Gasteiger partial charge in [-0.2, -0.15) is 0 Å². The zero-order valence-corrected chi connectivity index (χ0v) is 11.2. The molecule has 0 saturated carbocycles. The molecule has 9 heavy (non-hydrogen) atoms. The second kappa shape index (κ2) is 10.1. The minimum absolute atomic E-state index is 0. The second-order valence-electron chi connectivity index (χ2n) is 1.45. The molecule has 0 fully saturated rings. The summed E-state index contributed by atoms with van der Waals surface area (Å²) in [5, 5.41) is 16.3. The third-order valence-electron chi connectivity index (χ3n) is 0.470. The van der Waals surface area contributed by atoms with E-state index < -0.39 is 12.1 Å². The van der Waals surface area contributed by atoms with Gasteiger partial charge in [0.25, 0.3) is 0 Å². The minimum Gasteiger partial charge on any atom is -1.00 e. The molecule has 0 aliphatic heterocycles. The number of aliphatic carboxylic acids is 1. The summed E-state index contributed by atoms with van der Waals surface area (Å²) < 4.78 is 0. The van der Waals surface area contributed by atoms with Gasteiger partial charge in [-0.15, -0.1) is 0 Å². The van der Waals surface area contributed by atoms with E-state index in [9.17, 15) is 4.79 Å². The van der Waals surface area contributed by atoms with Gasteiger partial charge in [0.1, 0.15) is 0 Å². The van der Waals surface area contributed by atoms with Crippen molar-refractivity contribution in [3.05, 3.63) is 0 Å². The number of carboxylic acids is 1. The molecule has 0 rings (SSSR count). The molecule has 3 nitrogen and oxygen atoms in total. The fourth-order valence-corrected chi connectivity index (χ4v) is 0.253. The number of aliphatic hydroxyl groups excluding tert-OH is 1. The van der Waals surface area contributed by atoms with Crippen molar-refractivity contribution in [1.29, 1.82) is 0 Å². The number of carbonyl (C=O) groups is 1. The Morgan fingerprint density at radius 3 is 2.11 bits per heavy atom. The van der Waals surface area contributed by atoms with E-state index in [1.807, 2.05) is 0 Å². The fraction of sp³-hybridized carbons (Fsp3) is 0.750. The molecule has 0 aromatic carbocycles. The molecule has 0 aromatic heterocycles. The molecular formula is C4H10KNaO3. The first-order valence-corrected chi connectivity index (χ1v) is 2.03. The average Bonchev–Trinajstić information content (AvgIpc) is 1.27. The molecule has 46 valence electrons. The molecule has 1 unspecified atom stereocenters. The molecule has 0 aliphatic rings. The zero-order chi connectivity index (χ0) is 5.86. The minimum atomic E-state index is -0.963. The standard InChI is InChI=1S/C4H8O3.K.Na.2H/c1-3(5)2-4(6)7;;;;/h3,5H,2H2,1H3,(H,6,7);;;;/q;2*+1;2*-1. The third-order valence-corrected chi connectivity index (χ3v) is 0.470. The van der Waals surface area contributed by atoms with Crippen LogP contribution in [0.3, 0.4) is 0 Å². The van der Waals surface area contributed by atoms with Crippen LogP contribution in [0.4, 0.5) is 0 Å². The molecule has 0 heterocycles. The number of hydrogen-bond acceptors (Lipinski definition) is 2. The van der Waals surface area contributed by atoms with Gasteiger partial charge in [0.2, 0.25) is 0 Å². The summed E-state index contributed by atoms with van der Waals surface area (Å²) in [7, 11) is 0. The third kappa shape index (κ3) is 17.8. The molecule has 0 amide bonds. The van der Waals surface area contributed by atoms with Crippen LogP contribution in [0.25, 0.3) is 0 Å². The Balaban J connectivity index is -0.0000000300. The monoisotopic (exact) mass is 168 g/mol. The van der Waals surface area contributed by atoms with Crippen LogP contribution in [0.1, 0.15) is 16.2 Å². The van der Waals surface area contributed by atoms with Crippen LogP contribution in [0.2, 0.25) is 0 Å². The van der Waals surface area contributed by atoms with Crippen molar-refractivity contribution in [1.82, 2.24) is 0 Å². The summed E-state index contributed by atoms with van der Waals surface area (Å²) in [6.45, 7) is 1.44. The van der Waals surface area contributed by atoms with Gasteiger partial charge in [-0.25, -0.2) is 0 Å². The maximum absolute atomic E-state index is 9.65. The summed E-state index contributed by atoms with van der Waals surface area (Å²) in [6.07, 6.45) is -0.891.